The van der Waals surface area contributed by atoms with Crippen LogP contribution in [0.2, 0.25) is 0 Å². The van der Waals surface area contributed by atoms with E-state index in [0.29, 0.717) is 6.04 Å². The van der Waals surface area contributed by atoms with Gasteiger partial charge in [-0.15, -0.1) is 0 Å². The van der Waals surface area contributed by atoms with Crippen LogP contribution in [0.1, 0.15) is 36.9 Å². The molecular weight excluding hydrogens is 220 g/mol. The first-order valence-corrected chi connectivity index (χ1v) is 7.17. The second-order valence-corrected chi connectivity index (χ2v) is 5.69. The second kappa shape index (κ2) is 6.35. The van der Waals surface area contributed by atoms with Gasteiger partial charge in [0.2, 0.25) is 0 Å². The number of nitrogens with zero attached hydrogens (tertiary/aromatic N) is 1. The Morgan fingerprint density at radius 3 is 2.78 bits per heavy atom. The minimum absolute atomic E-state index is 0.457. The third-order valence-corrected chi connectivity index (χ3v) is 3.66. The maximum atomic E-state index is 3.61. The highest BCUT2D eigenvalue weighted by Crippen LogP contribution is 2.29. The number of nitrogens with one attached hydrogen (secondary N) is 1. The molecule has 18 heavy (non-hydrogen) atoms. The molecule has 0 radical (unpaired) electrons. The van der Waals surface area contributed by atoms with Crippen LogP contribution in [0.15, 0.2) is 24.3 Å². The smallest absolute Gasteiger partial charge is 0.0449 e. The first kappa shape index (κ1) is 13.6. The van der Waals surface area contributed by atoms with Gasteiger partial charge in [-0.2, -0.15) is 0 Å². The van der Waals surface area contributed by atoms with E-state index >= 15 is 0 Å². The van der Waals surface area contributed by atoms with Crippen LogP contribution in [-0.2, 0) is 0 Å². The molecular formula is C16H26N2. The van der Waals surface area contributed by atoms with E-state index in [-0.39, 0.29) is 0 Å². The Labute approximate surface area is 111 Å². The summed E-state index contributed by atoms with van der Waals surface area (Å²) in [5.74, 6) is 0.967. The number of benzene rings is 1. The molecule has 0 aliphatic heterocycles. The molecule has 1 aliphatic rings. The van der Waals surface area contributed by atoms with Crippen molar-refractivity contribution < 1.29 is 0 Å². The molecule has 1 aromatic rings. The topological polar surface area (TPSA) is 15.3 Å². The quantitative estimate of drug-likeness (QED) is 0.795. The molecule has 0 spiro atoms. The fraction of sp³-hybridized carbons (Fsp3) is 0.625. The number of rotatable bonds is 7. The van der Waals surface area contributed by atoms with E-state index in [0.717, 1.165) is 19.0 Å². The van der Waals surface area contributed by atoms with Crippen LogP contribution in [0.25, 0.3) is 0 Å². The summed E-state index contributed by atoms with van der Waals surface area (Å²) in [5, 5.41) is 3.61. The van der Waals surface area contributed by atoms with Crippen LogP contribution in [0.3, 0.4) is 0 Å². The normalized spacial score (nSPS) is 17.1. The van der Waals surface area contributed by atoms with Gasteiger partial charge in [0.25, 0.3) is 0 Å². The lowest BCUT2D eigenvalue weighted by Gasteiger charge is -2.25. The molecule has 0 aromatic heterocycles. The highest BCUT2D eigenvalue weighted by Gasteiger charge is 2.24. The van der Waals surface area contributed by atoms with Gasteiger partial charge in [-0.1, -0.05) is 36.8 Å². The number of hydrogen-bond acceptors (Lipinski definition) is 2. The minimum Gasteiger partial charge on any atom is -0.309 e. The van der Waals surface area contributed by atoms with Crippen molar-refractivity contribution in [3.8, 4) is 0 Å². The number of hydrogen-bond donors (Lipinski definition) is 1. The fourth-order valence-electron chi connectivity index (χ4n) is 2.55. The van der Waals surface area contributed by atoms with Gasteiger partial charge in [-0.25, -0.2) is 0 Å². The van der Waals surface area contributed by atoms with E-state index in [4.69, 9.17) is 0 Å². The van der Waals surface area contributed by atoms with E-state index in [1.807, 2.05) is 0 Å². The van der Waals surface area contributed by atoms with Gasteiger partial charge < -0.3 is 10.2 Å². The van der Waals surface area contributed by atoms with Crippen LogP contribution >= 0.6 is 0 Å². The van der Waals surface area contributed by atoms with E-state index in [2.05, 4.69) is 55.4 Å². The van der Waals surface area contributed by atoms with Crippen molar-refractivity contribution in [3.63, 3.8) is 0 Å². The average Bonchev–Trinajstić information content (AvgIpc) is 3.12. The first-order valence-electron chi connectivity index (χ1n) is 7.17. The first-order chi connectivity index (χ1) is 8.69. The zero-order valence-corrected chi connectivity index (χ0v) is 11.9. The highest BCUT2D eigenvalue weighted by atomic mass is 15.1. The molecule has 1 unspecified atom stereocenters. The largest absolute Gasteiger partial charge is 0.309 e. The van der Waals surface area contributed by atoms with Gasteiger partial charge in [0, 0.05) is 19.1 Å². The molecule has 0 amide bonds. The Balaban J connectivity index is 1.97. The molecule has 1 fully saturated rings. The van der Waals surface area contributed by atoms with Gasteiger partial charge >= 0.3 is 0 Å². The van der Waals surface area contributed by atoms with Gasteiger partial charge in [0.05, 0.1) is 0 Å². The predicted molar refractivity (Wildman–Crippen MR) is 77.8 cm³/mol. The lowest BCUT2D eigenvalue weighted by Crippen LogP contribution is -2.34. The summed E-state index contributed by atoms with van der Waals surface area (Å²) in [6, 6.07) is 9.33. The summed E-state index contributed by atoms with van der Waals surface area (Å²) in [6.07, 6.45) is 2.86. The van der Waals surface area contributed by atoms with Gasteiger partial charge in [0.1, 0.15) is 0 Å². The third-order valence-electron chi connectivity index (χ3n) is 3.66. The Morgan fingerprint density at radius 1 is 1.39 bits per heavy atom. The summed E-state index contributed by atoms with van der Waals surface area (Å²) >= 11 is 0. The maximum Gasteiger partial charge on any atom is 0.0449 e. The van der Waals surface area contributed by atoms with Crippen LogP contribution in [0.4, 0.5) is 0 Å². The summed E-state index contributed by atoms with van der Waals surface area (Å²) in [6.45, 7) is 7.74. The lowest BCUT2D eigenvalue weighted by molar-refractivity contribution is 0.282. The molecule has 0 heterocycles. The summed E-state index contributed by atoms with van der Waals surface area (Å²) in [7, 11) is 2.25. The van der Waals surface area contributed by atoms with Crippen molar-refractivity contribution in [2.75, 3.05) is 26.7 Å². The predicted octanol–water partition coefficient (Wildman–Crippen LogP) is 2.99. The zero-order valence-electron chi connectivity index (χ0n) is 11.9. The Hall–Kier alpha value is -0.860. The molecule has 0 saturated heterocycles. The third kappa shape index (κ3) is 4.11. The van der Waals surface area contributed by atoms with Crippen LogP contribution < -0.4 is 5.32 Å². The standard InChI is InChI=1S/C16H26N2/c1-4-17-16(12-18(3)11-14-8-9-14)15-7-5-6-13(2)10-15/h5-7,10,14,16-17H,4,8-9,11-12H2,1-3H3. The molecule has 1 aromatic carbocycles. The number of likely N-dealkylation sites (N-methyl/N-ethyl adjacent to an activating group) is 2. The van der Waals surface area contributed by atoms with Gasteiger partial charge in [-0.05, 0) is 44.8 Å². The molecule has 1 aliphatic carbocycles. The summed E-state index contributed by atoms with van der Waals surface area (Å²) in [5.41, 5.74) is 2.76. The van der Waals surface area contributed by atoms with Crippen molar-refractivity contribution in [1.82, 2.24) is 10.2 Å². The molecule has 2 rings (SSSR count). The van der Waals surface area contributed by atoms with Crippen molar-refractivity contribution >= 4 is 0 Å². The van der Waals surface area contributed by atoms with Crippen molar-refractivity contribution in [2.24, 2.45) is 5.92 Å². The zero-order chi connectivity index (χ0) is 13.0. The summed E-state index contributed by atoms with van der Waals surface area (Å²) in [4.78, 5) is 2.48. The molecule has 2 nitrogen and oxygen atoms in total. The van der Waals surface area contributed by atoms with E-state index in [9.17, 15) is 0 Å². The van der Waals surface area contributed by atoms with Crippen molar-refractivity contribution in [2.45, 2.75) is 32.7 Å². The van der Waals surface area contributed by atoms with E-state index in [1.165, 1.54) is 30.5 Å². The molecule has 1 N–H and O–H groups in total. The monoisotopic (exact) mass is 246 g/mol. The van der Waals surface area contributed by atoms with Crippen molar-refractivity contribution in [3.05, 3.63) is 35.4 Å². The highest BCUT2D eigenvalue weighted by molar-refractivity contribution is 5.25. The Morgan fingerprint density at radius 2 is 2.17 bits per heavy atom. The molecule has 0 bridgehead atoms. The Kier molecular flexibility index (Phi) is 4.79. The maximum absolute atomic E-state index is 3.61. The minimum atomic E-state index is 0.457. The fourth-order valence-corrected chi connectivity index (χ4v) is 2.55. The van der Waals surface area contributed by atoms with E-state index in [1.54, 1.807) is 0 Å². The van der Waals surface area contributed by atoms with Crippen LogP contribution in [0, 0.1) is 12.8 Å². The molecule has 1 atom stereocenters. The lowest BCUT2D eigenvalue weighted by atomic mass is 10.0. The van der Waals surface area contributed by atoms with Gasteiger partial charge in [0.15, 0.2) is 0 Å². The van der Waals surface area contributed by atoms with Crippen LogP contribution in [-0.4, -0.2) is 31.6 Å². The van der Waals surface area contributed by atoms with Crippen LogP contribution in [0.5, 0.6) is 0 Å². The molecule has 100 valence electrons. The summed E-state index contributed by atoms with van der Waals surface area (Å²) < 4.78 is 0. The average molecular weight is 246 g/mol. The van der Waals surface area contributed by atoms with Gasteiger partial charge in [-0.3, -0.25) is 0 Å². The van der Waals surface area contributed by atoms with Crippen molar-refractivity contribution in [1.29, 1.82) is 0 Å². The molecule has 2 heteroatoms. The van der Waals surface area contributed by atoms with E-state index < -0.39 is 0 Å². The molecule has 1 saturated carbocycles. The Bertz CT molecular complexity index is 371. The SMILES string of the molecule is CCNC(CN(C)CC1CC1)c1cccc(C)c1. The second-order valence-electron chi connectivity index (χ2n) is 5.69. The number of aryl methyl sites for hydroxylation is 1.